The van der Waals surface area contributed by atoms with Crippen LogP contribution in [0.25, 0.3) is 10.8 Å². The molecule has 0 fully saturated rings. The van der Waals surface area contributed by atoms with Crippen molar-refractivity contribution in [2.24, 2.45) is 28.7 Å². The molecule has 6 rings (SSSR count). The summed E-state index contributed by atoms with van der Waals surface area (Å²) in [5.41, 5.74) is -0.173. The minimum atomic E-state index is -2.07. The van der Waals surface area contributed by atoms with E-state index < -0.39 is 88.8 Å². The van der Waals surface area contributed by atoms with E-state index in [0.29, 0.717) is 10.7 Å². The predicted octanol–water partition coefficient (Wildman–Crippen LogP) is 7.16. The summed E-state index contributed by atoms with van der Waals surface area (Å²) in [6, 6.07) is 6.39. The van der Waals surface area contributed by atoms with Crippen LogP contribution in [0.5, 0.6) is 23.0 Å². The van der Waals surface area contributed by atoms with Crippen LogP contribution in [0.3, 0.4) is 0 Å². The molecule has 6 N–H and O–H groups in total. The quantitative estimate of drug-likeness (QED) is 0.0669. The van der Waals surface area contributed by atoms with Crippen LogP contribution < -0.4 is 10.1 Å². The summed E-state index contributed by atoms with van der Waals surface area (Å²) in [5.74, 6) is -8.65. The first-order valence-corrected chi connectivity index (χ1v) is 19.5. The molecule has 0 saturated carbocycles. The maximum absolute atomic E-state index is 14.4. The Bertz CT molecular complexity index is 2250. The van der Waals surface area contributed by atoms with E-state index in [1.807, 2.05) is 0 Å². The average molecular weight is 835 g/mol. The number of methoxy groups -OCH3 is 1. The Morgan fingerprint density at radius 2 is 1.59 bits per heavy atom. The third-order valence-electron chi connectivity index (χ3n) is 11.2. The van der Waals surface area contributed by atoms with Gasteiger partial charge in [-0.1, -0.05) is 57.5 Å². The number of nitrogens with zero attached hydrogens (tertiary/aromatic N) is 1. The number of aromatic hydroxyl groups is 3. The van der Waals surface area contributed by atoms with Crippen molar-refractivity contribution in [3.63, 3.8) is 0 Å². The number of anilines is 1. The van der Waals surface area contributed by atoms with Gasteiger partial charge in [-0.05, 0) is 44.2 Å². The lowest BCUT2D eigenvalue weighted by Crippen LogP contribution is -2.46. The van der Waals surface area contributed by atoms with Gasteiger partial charge in [-0.3, -0.25) is 19.4 Å². The Balaban J connectivity index is 1.73. The van der Waals surface area contributed by atoms with Crippen LogP contribution in [0.2, 0.25) is 5.02 Å². The Morgan fingerprint density at radius 3 is 2.22 bits per heavy atom. The molecule has 1 amide bonds. The monoisotopic (exact) mass is 834 g/mol. The number of hydrogen-bond donors (Lipinski definition) is 6. The fourth-order valence-electron chi connectivity index (χ4n) is 7.54. The number of amides is 1. The van der Waals surface area contributed by atoms with Crippen molar-refractivity contribution in [1.82, 2.24) is 0 Å². The molecule has 0 unspecified atom stereocenters. The molecule has 0 spiro atoms. The van der Waals surface area contributed by atoms with Crippen molar-refractivity contribution >= 4 is 57.6 Å². The van der Waals surface area contributed by atoms with Crippen LogP contribution in [0.15, 0.2) is 65.4 Å². The number of aliphatic hydroxyl groups excluding tert-OH is 2. The van der Waals surface area contributed by atoms with Crippen molar-refractivity contribution in [2.75, 3.05) is 12.4 Å². The summed E-state index contributed by atoms with van der Waals surface area (Å²) in [6.07, 6.45) is 4.62. The van der Waals surface area contributed by atoms with Gasteiger partial charge in [0.05, 0.1) is 52.5 Å². The largest absolute Gasteiger partial charge is 0.507 e. The molecule has 3 heterocycles. The van der Waals surface area contributed by atoms with Gasteiger partial charge in [-0.15, -0.1) is 0 Å². The number of aliphatic imine (C=N–C) groups is 1. The maximum atomic E-state index is 14.4. The minimum absolute atomic E-state index is 0.0316. The molecule has 14 nitrogen and oxygen atoms in total. The van der Waals surface area contributed by atoms with Gasteiger partial charge in [-0.2, -0.15) is 0 Å². The first-order valence-electron chi connectivity index (χ1n) is 19.1. The van der Waals surface area contributed by atoms with Crippen LogP contribution in [0.4, 0.5) is 11.4 Å². The van der Waals surface area contributed by atoms with Gasteiger partial charge in [0.1, 0.15) is 23.4 Å². The van der Waals surface area contributed by atoms with E-state index in [0.717, 1.165) is 0 Å². The highest BCUT2D eigenvalue weighted by Gasteiger charge is 2.50. The molecular weight excluding hydrogens is 784 g/mol. The van der Waals surface area contributed by atoms with Gasteiger partial charge in [0.15, 0.2) is 5.75 Å². The summed E-state index contributed by atoms with van der Waals surface area (Å²) >= 11 is 6.05. The molecule has 0 saturated heterocycles. The fraction of sp³-hybridized carbons (Fsp3) is 0.409. The molecule has 3 aromatic carbocycles. The predicted molar refractivity (Wildman–Crippen MR) is 223 cm³/mol. The van der Waals surface area contributed by atoms with Crippen molar-refractivity contribution in [3.05, 3.63) is 82.1 Å². The van der Waals surface area contributed by atoms with Gasteiger partial charge in [-0.25, -0.2) is 0 Å². The van der Waals surface area contributed by atoms with Gasteiger partial charge in [0.25, 0.3) is 11.7 Å². The molecule has 15 heteroatoms. The number of phenols is 3. The smallest absolute Gasteiger partial charge is 0.312 e. The van der Waals surface area contributed by atoms with Crippen molar-refractivity contribution in [2.45, 2.75) is 85.6 Å². The highest BCUT2D eigenvalue weighted by molar-refractivity contribution is 6.30. The van der Waals surface area contributed by atoms with Gasteiger partial charge >= 0.3 is 11.8 Å². The van der Waals surface area contributed by atoms with Crippen LogP contribution in [0.1, 0.15) is 70.0 Å². The number of halogens is 1. The second-order valence-electron chi connectivity index (χ2n) is 15.4. The third kappa shape index (κ3) is 8.81. The zero-order valence-corrected chi connectivity index (χ0v) is 35.1. The van der Waals surface area contributed by atoms with Crippen LogP contribution in [0, 0.1) is 30.6 Å². The fourth-order valence-corrected chi connectivity index (χ4v) is 7.66. The summed E-state index contributed by atoms with van der Waals surface area (Å²) in [7, 11) is 1.43. The number of esters is 1. The lowest BCUT2D eigenvalue weighted by Gasteiger charge is -2.38. The first-order chi connectivity index (χ1) is 27.7. The van der Waals surface area contributed by atoms with Crippen molar-refractivity contribution < 1.29 is 58.9 Å². The molecule has 5 bridgehead atoms. The zero-order valence-electron chi connectivity index (χ0n) is 34.3. The molecular formula is C44H51ClN2O12. The number of hydrogen-bond acceptors (Lipinski definition) is 13. The highest BCUT2D eigenvalue weighted by atomic mass is 35.5. The number of ketones is 1. The highest BCUT2D eigenvalue weighted by Crippen LogP contribution is 2.55. The van der Waals surface area contributed by atoms with Crippen LogP contribution in [-0.4, -0.2) is 86.7 Å². The van der Waals surface area contributed by atoms with Gasteiger partial charge in [0.2, 0.25) is 0 Å². The van der Waals surface area contributed by atoms with E-state index in [4.69, 9.17) is 30.5 Å². The molecule has 59 heavy (non-hydrogen) atoms. The molecule has 0 aromatic heterocycles. The molecule has 3 aliphatic rings. The molecule has 3 aromatic rings. The number of rotatable bonds is 4. The van der Waals surface area contributed by atoms with E-state index in [1.54, 1.807) is 64.1 Å². The van der Waals surface area contributed by atoms with Gasteiger partial charge in [0, 0.05) is 72.4 Å². The molecule has 9 atom stereocenters. The van der Waals surface area contributed by atoms with E-state index in [9.17, 15) is 39.9 Å². The standard InChI is InChI=1S/C44H51ClN2O12/c1-20-11-10-12-21(2)43(55)47-34-29(19-46-28-15-13-27(45)14-16-28)38(52)31-32(39(34)53)37(51)25(6)41-33(31)42(54)44(8,59-41)57-18-17-30(56-9)22(3)40(58-26(7)48)24(5)36(50)23(4)35(20)49/h10-20,22-24,30,35-36,40,49-53H,1-9H3,(H,47,55)/b11-10+,18-17+,21-12+,46-19?/t20-,22+,23+,24+,30-,35-,36+,40+,44-/m0/s1. The summed E-state index contributed by atoms with van der Waals surface area (Å²) in [6.45, 7) is 12.4. The Morgan fingerprint density at radius 1 is 0.932 bits per heavy atom. The number of phenolic OH excluding ortho intramolecular Hbond substituents is 3. The van der Waals surface area contributed by atoms with E-state index >= 15 is 0 Å². The Labute approximate surface area is 347 Å². The van der Waals surface area contributed by atoms with Crippen molar-refractivity contribution in [3.8, 4) is 23.0 Å². The molecule has 3 aliphatic heterocycles. The lowest BCUT2D eigenvalue weighted by molar-refractivity contribution is -0.160. The van der Waals surface area contributed by atoms with E-state index in [-0.39, 0.29) is 44.5 Å². The number of carbonyl (C=O) groups is 3. The second kappa shape index (κ2) is 17.8. The summed E-state index contributed by atoms with van der Waals surface area (Å²) < 4.78 is 23.5. The van der Waals surface area contributed by atoms with Crippen molar-refractivity contribution in [1.29, 1.82) is 0 Å². The zero-order chi connectivity index (χ0) is 43.7. The number of Topliss-reactive ketones (excluding diaryl/α,β-unsaturated/α-hetero) is 1. The van der Waals surface area contributed by atoms with Gasteiger partial charge < -0.3 is 49.8 Å². The third-order valence-corrected chi connectivity index (χ3v) is 11.5. The number of ether oxygens (including phenoxy) is 4. The van der Waals surface area contributed by atoms with Crippen LogP contribution in [-0.2, 0) is 23.8 Å². The second-order valence-corrected chi connectivity index (χ2v) is 15.8. The number of carbonyl (C=O) groups excluding carboxylic acids is 3. The average Bonchev–Trinajstić information content (AvgIpc) is 3.46. The number of nitrogens with one attached hydrogen (secondary N) is 1. The van der Waals surface area contributed by atoms with E-state index in [2.05, 4.69) is 10.3 Å². The summed E-state index contributed by atoms with van der Waals surface area (Å²) in [4.78, 5) is 44.9. The maximum Gasteiger partial charge on any atom is 0.312 e. The number of fused-ring (bicyclic) bond motifs is 14. The normalized spacial score (nSPS) is 30.1. The SMILES string of the molecule is CO[C@H]1/C=C/O[C@@]2(C)Oc3c(C)c(O)c4c(O)c(c(C=Nc5ccc(Cl)cc5)c(O)c4c3C2=O)NC(=O)/C(C)=C/C=C/[C@H](C)[C@H](O)[C@@H](C)[C@@H](O)[C@@H](C)[C@H](OC(C)=O)[C@@H]1C. The number of allylic oxidation sites excluding steroid dienone is 2. The Kier molecular flexibility index (Phi) is 13.5. The summed E-state index contributed by atoms with van der Waals surface area (Å²) in [5, 5.41) is 60.7. The topological polar surface area (TPSA) is 214 Å². The minimum Gasteiger partial charge on any atom is -0.507 e. The molecule has 316 valence electrons. The molecule has 0 radical (unpaired) electrons. The molecule has 0 aliphatic carbocycles. The number of aliphatic hydroxyl groups is 2. The van der Waals surface area contributed by atoms with E-state index in [1.165, 1.54) is 59.4 Å². The van der Waals surface area contributed by atoms with Crippen LogP contribution >= 0.6 is 11.6 Å². The Hall–Kier alpha value is -5.41. The lowest BCUT2D eigenvalue weighted by atomic mass is 9.78. The first kappa shape index (κ1) is 44.7. The number of benzene rings is 3.